The second-order valence-corrected chi connectivity index (χ2v) is 6.75. The zero-order valence-corrected chi connectivity index (χ0v) is 12.7. The van der Waals surface area contributed by atoms with Gasteiger partial charge >= 0.3 is 0 Å². The van der Waals surface area contributed by atoms with Crippen LogP contribution in [0, 0.1) is 5.41 Å². The Morgan fingerprint density at radius 3 is 2.68 bits per heavy atom. The van der Waals surface area contributed by atoms with Crippen LogP contribution in [0.3, 0.4) is 0 Å². The Bertz CT molecular complexity index is 423. The van der Waals surface area contributed by atoms with Gasteiger partial charge < -0.3 is 5.73 Å². The highest BCUT2D eigenvalue weighted by Crippen LogP contribution is 2.32. The van der Waals surface area contributed by atoms with E-state index in [0.717, 1.165) is 18.8 Å². The summed E-state index contributed by atoms with van der Waals surface area (Å²) in [6.45, 7) is 10.3. The molecule has 0 atom stereocenters. The van der Waals surface area contributed by atoms with Gasteiger partial charge in [0.25, 0.3) is 0 Å². The van der Waals surface area contributed by atoms with Gasteiger partial charge in [0.2, 0.25) is 0 Å². The maximum absolute atomic E-state index is 6.07. The molecule has 0 fully saturated rings. The van der Waals surface area contributed by atoms with Gasteiger partial charge in [-0.05, 0) is 29.0 Å². The van der Waals surface area contributed by atoms with Crippen molar-refractivity contribution in [2.24, 2.45) is 5.41 Å². The van der Waals surface area contributed by atoms with Gasteiger partial charge in [0.15, 0.2) is 0 Å². The molecule has 1 aromatic carbocycles. The van der Waals surface area contributed by atoms with Crippen LogP contribution in [0.2, 0.25) is 0 Å². The Hall–Kier alpha value is -1.02. The third-order valence-corrected chi connectivity index (χ3v) is 4.19. The topological polar surface area (TPSA) is 29.3 Å². The van der Waals surface area contributed by atoms with E-state index in [4.69, 9.17) is 5.73 Å². The number of nitrogens with zero attached hydrogens (tertiary/aromatic N) is 1. The largest absolute Gasteiger partial charge is 0.398 e. The molecule has 0 saturated heterocycles. The van der Waals surface area contributed by atoms with Crippen LogP contribution in [-0.4, -0.2) is 11.4 Å². The van der Waals surface area contributed by atoms with E-state index in [2.05, 4.69) is 37.8 Å². The summed E-state index contributed by atoms with van der Waals surface area (Å²) < 4.78 is 0. The molecule has 2 rings (SSSR count). The van der Waals surface area contributed by atoms with Crippen LogP contribution in [0.1, 0.15) is 57.6 Å². The number of fused-ring (bicyclic) bond motifs is 1. The average Bonchev–Trinajstić information content (AvgIpc) is 2.72. The minimum Gasteiger partial charge on any atom is -0.398 e. The molecule has 1 aliphatic rings. The van der Waals surface area contributed by atoms with E-state index in [1.165, 1.54) is 43.4 Å². The van der Waals surface area contributed by atoms with Gasteiger partial charge in [0.1, 0.15) is 0 Å². The van der Waals surface area contributed by atoms with Crippen LogP contribution in [0.25, 0.3) is 0 Å². The zero-order chi connectivity index (χ0) is 13.9. The van der Waals surface area contributed by atoms with Crippen molar-refractivity contribution in [2.45, 2.75) is 59.5 Å². The van der Waals surface area contributed by atoms with Gasteiger partial charge in [0, 0.05) is 25.3 Å². The molecule has 0 saturated carbocycles. The summed E-state index contributed by atoms with van der Waals surface area (Å²) in [7, 11) is 0. The monoisotopic (exact) mass is 260 g/mol. The van der Waals surface area contributed by atoms with Crippen molar-refractivity contribution in [3.63, 3.8) is 0 Å². The van der Waals surface area contributed by atoms with Crippen LogP contribution in [0.4, 0.5) is 5.69 Å². The molecule has 19 heavy (non-hydrogen) atoms. The number of nitrogen functional groups attached to an aromatic ring is 1. The van der Waals surface area contributed by atoms with Gasteiger partial charge in [0.05, 0.1) is 0 Å². The average molecular weight is 260 g/mol. The van der Waals surface area contributed by atoms with Gasteiger partial charge in [-0.1, -0.05) is 52.2 Å². The second kappa shape index (κ2) is 5.96. The normalized spacial score (nSPS) is 15.7. The molecule has 0 aromatic heterocycles. The van der Waals surface area contributed by atoms with Gasteiger partial charge in [-0.15, -0.1) is 0 Å². The lowest BCUT2D eigenvalue weighted by Gasteiger charge is -2.30. The molecule has 2 nitrogen and oxygen atoms in total. The highest BCUT2D eigenvalue weighted by Gasteiger charge is 2.26. The smallest absolute Gasteiger partial charge is 0.0363 e. The molecular formula is C17H28N2. The Balaban J connectivity index is 1.91. The first kappa shape index (κ1) is 14.4. The quantitative estimate of drug-likeness (QED) is 0.614. The third-order valence-electron chi connectivity index (χ3n) is 4.19. The number of hydrogen-bond acceptors (Lipinski definition) is 2. The molecule has 0 bridgehead atoms. The van der Waals surface area contributed by atoms with Crippen LogP contribution in [-0.2, 0) is 13.1 Å². The van der Waals surface area contributed by atoms with Gasteiger partial charge in [-0.3, -0.25) is 4.90 Å². The first-order chi connectivity index (χ1) is 9.02. The van der Waals surface area contributed by atoms with E-state index < -0.39 is 0 Å². The van der Waals surface area contributed by atoms with Crippen molar-refractivity contribution in [2.75, 3.05) is 12.3 Å². The molecule has 0 amide bonds. The van der Waals surface area contributed by atoms with E-state index in [1.807, 2.05) is 6.07 Å². The highest BCUT2D eigenvalue weighted by atomic mass is 15.1. The van der Waals surface area contributed by atoms with E-state index in [1.54, 1.807) is 0 Å². The Labute approximate surface area is 118 Å². The van der Waals surface area contributed by atoms with E-state index >= 15 is 0 Å². The lowest BCUT2D eigenvalue weighted by atomic mass is 9.86. The predicted molar refractivity (Wildman–Crippen MR) is 82.9 cm³/mol. The highest BCUT2D eigenvalue weighted by molar-refractivity contribution is 5.52. The van der Waals surface area contributed by atoms with Crippen molar-refractivity contribution >= 4 is 5.69 Å². The van der Waals surface area contributed by atoms with E-state index in [-0.39, 0.29) is 0 Å². The summed E-state index contributed by atoms with van der Waals surface area (Å²) in [4.78, 5) is 2.55. The summed E-state index contributed by atoms with van der Waals surface area (Å²) in [5, 5.41) is 0. The third kappa shape index (κ3) is 3.73. The van der Waals surface area contributed by atoms with Gasteiger partial charge in [-0.25, -0.2) is 0 Å². The molecule has 2 N–H and O–H groups in total. The minimum absolute atomic E-state index is 0.409. The number of rotatable bonds is 6. The van der Waals surface area contributed by atoms with Crippen LogP contribution in [0.5, 0.6) is 0 Å². The molecule has 1 aliphatic heterocycles. The number of unbranched alkanes of at least 4 members (excludes halogenated alkanes) is 2. The molecule has 106 valence electrons. The van der Waals surface area contributed by atoms with Gasteiger partial charge in [-0.2, -0.15) is 0 Å². The summed E-state index contributed by atoms with van der Waals surface area (Å²) in [6.07, 6.45) is 5.34. The number of anilines is 1. The Morgan fingerprint density at radius 2 is 2.00 bits per heavy atom. The lowest BCUT2D eigenvalue weighted by molar-refractivity contribution is 0.166. The minimum atomic E-state index is 0.409. The van der Waals surface area contributed by atoms with Crippen molar-refractivity contribution in [3.05, 3.63) is 29.3 Å². The molecule has 1 heterocycles. The van der Waals surface area contributed by atoms with Crippen molar-refractivity contribution in [3.8, 4) is 0 Å². The fourth-order valence-electron chi connectivity index (χ4n) is 3.17. The molecule has 0 radical (unpaired) electrons. The second-order valence-electron chi connectivity index (χ2n) is 6.75. The van der Waals surface area contributed by atoms with Crippen LogP contribution in [0.15, 0.2) is 18.2 Å². The summed E-state index contributed by atoms with van der Waals surface area (Å²) in [5.41, 5.74) is 10.2. The first-order valence-electron chi connectivity index (χ1n) is 7.60. The molecular weight excluding hydrogens is 232 g/mol. The van der Waals surface area contributed by atoms with Crippen molar-refractivity contribution in [1.29, 1.82) is 0 Å². The number of benzene rings is 1. The van der Waals surface area contributed by atoms with Crippen molar-refractivity contribution < 1.29 is 0 Å². The molecule has 0 aliphatic carbocycles. The fourth-order valence-corrected chi connectivity index (χ4v) is 3.17. The first-order valence-corrected chi connectivity index (χ1v) is 7.60. The Morgan fingerprint density at radius 1 is 1.21 bits per heavy atom. The molecule has 2 heteroatoms. The number of nitrogens with two attached hydrogens (primary N) is 1. The van der Waals surface area contributed by atoms with Crippen LogP contribution >= 0.6 is 0 Å². The zero-order valence-electron chi connectivity index (χ0n) is 12.7. The molecule has 0 unspecified atom stereocenters. The predicted octanol–water partition coefficient (Wildman–Crippen LogP) is 4.19. The maximum Gasteiger partial charge on any atom is 0.0363 e. The lowest BCUT2D eigenvalue weighted by Crippen LogP contribution is -2.30. The van der Waals surface area contributed by atoms with Crippen LogP contribution < -0.4 is 5.73 Å². The Kier molecular flexibility index (Phi) is 4.51. The van der Waals surface area contributed by atoms with E-state index in [9.17, 15) is 0 Å². The molecule has 0 spiro atoms. The fraction of sp³-hybridized carbons (Fsp3) is 0.647. The molecule has 1 aromatic rings. The van der Waals surface area contributed by atoms with E-state index in [0.29, 0.717) is 5.41 Å². The standard InChI is InChI=1S/C17H28N2/c1-4-5-6-10-17(2,3)13-19-11-14-8-7-9-16(18)15(14)12-19/h7-9H,4-6,10-13,18H2,1-3H3. The number of hydrogen-bond donors (Lipinski definition) is 1. The summed E-state index contributed by atoms with van der Waals surface area (Å²) in [6, 6.07) is 6.31. The summed E-state index contributed by atoms with van der Waals surface area (Å²) >= 11 is 0. The summed E-state index contributed by atoms with van der Waals surface area (Å²) in [5.74, 6) is 0. The van der Waals surface area contributed by atoms with Crippen molar-refractivity contribution in [1.82, 2.24) is 4.90 Å². The maximum atomic E-state index is 6.07. The SMILES string of the molecule is CCCCCC(C)(C)CN1Cc2cccc(N)c2C1.